The van der Waals surface area contributed by atoms with E-state index in [1.54, 1.807) is 0 Å². The normalized spacial score (nSPS) is 12.1. The lowest BCUT2D eigenvalue weighted by Crippen LogP contribution is -1.95. The maximum absolute atomic E-state index is 6.64. The molecule has 1 atom stereocenters. The summed E-state index contributed by atoms with van der Waals surface area (Å²) in [6.45, 7) is 2.10. The molecule has 0 saturated heterocycles. The lowest BCUT2D eigenvalue weighted by Gasteiger charge is -2.13. The number of hydrogen-bond donors (Lipinski definition) is 0. The van der Waals surface area contributed by atoms with Crippen LogP contribution in [0.15, 0.2) is 78.9 Å². The van der Waals surface area contributed by atoms with Crippen LogP contribution in [0.2, 0.25) is 0 Å². The Labute approximate surface area is 131 Å². The fourth-order valence-corrected chi connectivity index (χ4v) is 2.92. The molecule has 1 heteroatoms. The van der Waals surface area contributed by atoms with Crippen molar-refractivity contribution < 1.29 is 0 Å². The van der Waals surface area contributed by atoms with Gasteiger partial charge in [-0.15, -0.1) is 11.6 Å². The summed E-state index contributed by atoms with van der Waals surface area (Å²) < 4.78 is 0. The number of halogens is 1. The Morgan fingerprint density at radius 3 is 1.90 bits per heavy atom. The summed E-state index contributed by atoms with van der Waals surface area (Å²) in [7, 11) is 0. The highest BCUT2D eigenvalue weighted by Gasteiger charge is 2.12. The number of benzene rings is 3. The largest absolute Gasteiger partial charge is 0.113 e. The Morgan fingerprint density at radius 1 is 0.667 bits per heavy atom. The molecule has 0 aliphatic rings. The van der Waals surface area contributed by atoms with Crippen LogP contribution in [-0.2, 0) is 0 Å². The molecule has 1 unspecified atom stereocenters. The van der Waals surface area contributed by atoms with Gasteiger partial charge in [0, 0.05) is 0 Å². The molecule has 0 aromatic heterocycles. The summed E-state index contributed by atoms with van der Waals surface area (Å²) in [5, 5.41) is -0.101. The average molecular weight is 293 g/mol. The summed E-state index contributed by atoms with van der Waals surface area (Å²) in [4.78, 5) is 0. The number of hydrogen-bond acceptors (Lipinski definition) is 0. The van der Waals surface area contributed by atoms with E-state index in [0.717, 1.165) is 5.56 Å². The first kappa shape index (κ1) is 13.9. The quantitative estimate of drug-likeness (QED) is 0.520. The van der Waals surface area contributed by atoms with Crippen LogP contribution in [0.1, 0.15) is 22.1 Å². The fraction of sp³-hybridized carbons (Fsp3) is 0.100. The first-order valence-corrected chi connectivity index (χ1v) is 7.54. The van der Waals surface area contributed by atoms with Crippen molar-refractivity contribution in [3.05, 3.63) is 95.6 Å². The first-order valence-electron chi connectivity index (χ1n) is 7.10. The SMILES string of the molecule is Cc1ccccc1C(Cl)c1ccc(-c2ccccc2)cc1. The Kier molecular flexibility index (Phi) is 4.08. The van der Waals surface area contributed by atoms with Crippen LogP contribution in [0.3, 0.4) is 0 Å². The molecule has 0 spiro atoms. The molecule has 0 nitrogen and oxygen atoms in total. The standard InChI is InChI=1S/C20H17Cl/c1-15-7-5-6-10-19(15)20(21)18-13-11-17(12-14-18)16-8-3-2-4-9-16/h2-14,20H,1H3. The van der Waals surface area contributed by atoms with E-state index in [1.807, 2.05) is 18.2 Å². The predicted octanol–water partition coefficient (Wildman–Crippen LogP) is 5.99. The van der Waals surface area contributed by atoms with Crippen molar-refractivity contribution in [3.8, 4) is 11.1 Å². The lowest BCUT2D eigenvalue weighted by atomic mass is 9.98. The van der Waals surface area contributed by atoms with Crippen LogP contribution in [-0.4, -0.2) is 0 Å². The van der Waals surface area contributed by atoms with E-state index < -0.39 is 0 Å². The van der Waals surface area contributed by atoms with E-state index in [4.69, 9.17) is 11.6 Å². The van der Waals surface area contributed by atoms with Gasteiger partial charge in [-0.05, 0) is 34.7 Å². The molecular weight excluding hydrogens is 276 g/mol. The minimum Gasteiger partial charge on any atom is -0.113 e. The highest BCUT2D eigenvalue weighted by atomic mass is 35.5. The number of alkyl halides is 1. The second-order valence-electron chi connectivity index (χ2n) is 5.21. The van der Waals surface area contributed by atoms with Crippen LogP contribution in [0, 0.1) is 6.92 Å². The highest BCUT2D eigenvalue weighted by molar-refractivity contribution is 6.22. The number of rotatable bonds is 3. The van der Waals surface area contributed by atoms with Crippen molar-refractivity contribution in [2.24, 2.45) is 0 Å². The minimum atomic E-state index is -0.101. The van der Waals surface area contributed by atoms with E-state index in [-0.39, 0.29) is 5.38 Å². The molecule has 3 aromatic rings. The summed E-state index contributed by atoms with van der Waals surface area (Å²) in [6.07, 6.45) is 0. The van der Waals surface area contributed by atoms with Crippen molar-refractivity contribution in [1.82, 2.24) is 0 Å². The third-order valence-electron chi connectivity index (χ3n) is 3.77. The molecule has 0 aliphatic heterocycles. The zero-order valence-corrected chi connectivity index (χ0v) is 12.7. The van der Waals surface area contributed by atoms with E-state index in [9.17, 15) is 0 Å². The summed E-state index contributed by atoms with van der Waals surface area (Å²) in [6, 6.07) is 27.2. The van der Waals surface area contributed by atoms with Crippen molar-refractivity contribution in [1.29, 1.82) is 0 Å². The van der Waals surface area contributed by atoms with Crippen molar-refractivity contribution in [3.63, 3.8) is 0 Å². The van der Waals surface area contributed by atoms with Crippen molar-refractivity contribution >= 4 is 11.6 Å². The lowest BCUT2D eigenvalue weighted by molar-refractivity contribution is 1.11. The molecule has 0 amide bonds. The molecular formula is C20H17Cl. The molecule has 104 valence electrons. The van der Waals surface area contributed by atoms with Crippen LogP contribution < -0.4 is 0 Å². The van der Waals surface area contributed by atoms with E-state index in [1.165, 1.54) is 22.3 Å². The average Bonchev–Trinajstić information content (AvgIpc) is 2.56. The third kappa shape index (κ3) is 3.01. The van der Waals surface area contributed by atoms with Crippen molar-refractivity contribution in [2.45, 2.75) is 12.3 Å². The smallest absolute Gasteiger partial charge is 0.0838 e. The second kappa shape index (κ2) is 6.15. The van der Waals surface area contributed by atoms with Gasteiger partial charge in [0.25, 0.3) is 0 Å². The molecule has 3 rings (SSSR count). The molecule has 21 heavy (non-hydrogen) atoms. The Morgan fingerprint density at radius 2 is 1.24 bits per heavy atom. The minimum absolute atomic E-state index is 0.101. The van der Waals surface area contributed by atoms with Crippen molar-refractivity contribution in [2.75, 3.05) is 0 Å². The molecule has 0 aliphatic carbocycles. The molecule has 0 bridgehead atoms. The van der Waals surface area contributed by atoms with Gasteiger partial charge >= 0.3 is 0 Å². The maximum Gasteiger partial charge on any atom is 0.0838 e. The first-order chi connectivity index (χ1) is 10.3. The van der Waals surface area contributed by atoms with Gasteiger partial charge in [0.15, 0.2) is 0 Å². The van der Waals surface area contributed by atoms with E-state index >= 15 is 0 Å². The summed E-state index contributed by atoms with van der Waals surface area (Å²) in [5.74, 6) is 0. The molecule has 0 saturated carbocycles. The third-order valence-corrected chi connectivity index (χ3v) is 4.26. The van der Waals surface area contributed by atoms with Crippen LogP contribution in [0.4, 0.5) is 0 Å². The maximum atomic E-state index is 6.64. The van der Waals surface area contributed by atoms with E-state index in [0.29, 0.717) is 0 Å². The van der Waals surface area contributed by atoms with Gasteiger partial charge in [-0.2, -0.15) is 0 Å². The highest BCUT2D eigenvalue weighted by Crippen LogP contribution is 2.32. The Balaban J connectivity index is 1.89. The Hall–Kier alpha value is -2.05. The second-order valence-corrected chi connectivity index (χ2v) is 5.64. The molecule has 0 radical (unpaired) electrons. The van der Waals surface area contributed by atoms with Gasteiger partial charge in [-0.3, -0.25) is 0 Å². The monoisotopic (exact) mass is 292 g/mol. The van der Waals surface area contributed by atoms with E-state index in [2.05, 4.69) is 67.6 Å². The van der Waals surface area contributed by atoms with Gasteiger partial charge in [-0.25, -0.2) is 0 Å². The molecule has 0 fully saturated rings. The molecule has 0 N–H and O–H groups in total. The zero-order chi connectivity index (χ0) is 14.7. The summed E-state index contributed by atoms with van der Waals surface area (Å²) in [5.41, 5.74) is 5.97. The van der Waals surface area contributed by atoms with Crippen LogP contribution in [0.25, 0.3) is 11.1 Å². The topological polar surface area (TPSA) is 0 Å². The fourth-order valence-electron chi connectivity index (χ4n) is 2.53. The number of aryl methyl sites for hydroxylation is 1. The van der Waals surface area contributed by atoms with Gasteiger partial charge in [0.1, 0.15) is 0 Å². The Bertz CT molecular complexity index is 714. The van der Waals surface area contributed by atoms with Gasteiger partial charge in [0.2, 0.25) is 0 Å². The van der Waals surface area contributed by atoms with Crippen LogP contribution >= 0.6 is 11.6 Å². The summed E-state index contributed by atoms with van der Waals surface area (Å²) >= 11 is 6.64. The predicted molar refractivity (Wildman–Crippen MR) is 90.8 cm³/mol. The molecule has 3 aromatic carbocycles. The van der Waals surface area contributed by atoms with Gasteiger partial charge in [-0.1, -0.05) is 78.9 Å². The molecule has 0 heterocycles. The van der Waals surface area contributed by atoms with Gasteiger partial charge in [0.05, 0.1) is 5.38 Å². The zero-order valence-electron chi connectivity index (χ0n) is 12.0. The van der Waals surface area contributed by atoms with Gasteiger partial charge < -0.3 is 0 Å². The van der Waals surface area contributed by atoms with Crippen LogP contribution in [0.5, 0.6) is 0 Å².